The number of phenolic OH excluding ortho intramolecular Hbond substituents is 1. The summed E-state index contributed by atoms with van der Waals surface area (Å²) in [6.45, 7) is 2.51. The molecule has 2 aromatic carbocycles. The van der Waals surface area contributed by atoms with E-state index >= 15 is 0 Å². The van der Waals surface area contributed by atoms with E-state index in [0.29, 0.717) is 17.1 Å². The number of hydrogen-bond acceptors (Lipinski definition) is 5. The number of anilines is 2. The topological polar surface area (TPSA) is 80.2 Å². The van der Waals surface area contributed by atoms with Crippen molar-refractivity contribution in [2.24, 2.45) is 0 Å². The van der Waals surface area contributed by atoms with Gasteiger partial charge in [-0.05, 0) is 30.3 Å². The Morgan fingerprint density at radius 3 is 2.52 bits per heavy atom. The van der Waals surface area contributed by atoms with Gasteiger partial charge in [0.2, 0.25) is 0 Å². The molecule has 5 rings (SSSR count). The van der Waals surface area contributed by atoms with Crippen LogP contribution in [0.2, 0.25) is 0 Å². The van der Waals surface area contributed by atoms with Gasteiger partial charge >= 0.3 is 0 Å². The third kappa shape index (κ3) is 2.49. The first kappa shape index (κ1) is 15.7. The van der Waals surface area contributed by atoms with E-state index in [0.717, 1.165) is 30.5 Å². The zero-order chi connectivity index (χ0) is 18.4. The van der Waals surface area contributed by atoms with Crippen LogP contribution >= 0.6 is 0 Å². The van der Waals surface area contributed by atoms with Crippen LogP contribution in [0.25, 0.3) is 22.2 Å². The van der Waals surface area contributed by atoms with Crippen LogP contribution in [0.3, 0.4) is 0 Å². The highest BCUT2D eigenvalue weighted by molar-refractivity contribution is 5.99. The molecular formula is C21H19N5O. The van der Waals surface area contributed by atoms with Crippen molar-refractivity contribution in [2.45, 2.75) is 13.1 Å². The fourth-order valence-corrected chi connectivity index (χ4v) is 3.88. The summed E-state index contributed by atoms with van der Waals surface area (Å²) in [6.07, 6.45) is 0. The minimum absolute atomic E-state index is 0.188. The maximum Gasteiger partial charge on any atom is 0.170 e. The first-order valence-corrected chi connectivity index (χ1v) is 8.95. The zero-order valence-electron chi connectivity index (χ0n) is 14.7. The molecule has 0 aliphatic carbocycles. The normalized spacial score (nSPS) is 13.7. The highest BCUT2D eigenvalue weighted by Gasteiger charge is 2.23. The maximum atomic E-state index is 10.3. The summed E-state index contributed by atoms with van der Waals surface area (Å²) < 4.78 is 2.22. The summed E-state index contributed by atoms with van der Waals surface area (Å²) in [5.41, 5.74) is 10.8. The lowest BCUT2D eigenvalue weighted by atomic mass is 10.1. The number of nitrogens with two attached hydrogens (primary N) is 1. The highest BCUT2D eigenvalue weighted by atomic mass is 16.3. The van der Waals surface area contributed by atoms with Crippen LogP contribution in [-0.4, -0.2) is 26.4 Å². The van der Waals surface area contributed by atoms with Crippen LogP contribution < -0.4 is 10.6 Å². The lowest BCUT2D eigenvalue weighted by molar-refractivity contribution is 0.477. The molecule has 0 bridgehead atoms. The number of nitrogens with zero attached hydrogens (tertiary/aromatic N) is 4. The predicted octanol–water partition coefficient (Wildman–Crippen LogP) is 3.41. The number of aromatic nitrogens is 3. The third-order valence-electron chi connectivity index (χ3n) is 5.17. The molecule has 0 spiro atoms. The first-order chi connectivity index (χ1) is 13.2. The highest BCUT2D eigenvalue weighted by Crippen LogP contribution is 2.37. The van der Waals surface area contributed by atoms with E-state index in [1.165, 1.54) is 11.4 Å². The van der Waals surface area contributed by atoms with Crippen molar-refractivity contribution >= 4 is 22.4 Å². The average Bonchev–Trinajstić information content (AvgIpc) is 3.09. The summed E-state index contributed by atoms with van der Waals surface area (Å²) in [5.74, 6) is 0.608. The van der Waals surface area contributed by atoms with E-state index in [1.807, 2.05) is 18.2 Å². The van der Waals surface area contributed by atoms with Crippen LogP contribution in [0.15, 0.2) is 60.7 Å². The van der Waals surface area contributed by atoms with Crippen LogP contribution in [0, 0.1) is 0 Å². The number of para-hydroxylation sites is 2. The van der Waals surface area contributed by atoms with E-state index in [9.17, 15) is 5.11 Å². The molecule has 0 amide bonds. The smallest absolute Gasteiger partial charge is 0.170 e. The van der Waals surface area contributed by atoms with Crippen LogP contribution in [-0.2, 0) is 13.1 Å². The van der Waals surface area contributed by atoms with E-state index in [-0.39, 0.29) is 5.75 Å². The summed E-state index contributed by atoms with van der Waals surface area (Å²) >= 11 is 0. The number of rotatable bonds is 2. The molecule has 6 heteroatoms. The molecule has 3 heterocycles. The van der Waals surface area contributed by atoms with Gasteiger partial charge in [-0.15, -0.1) is 10.2 Å². The Bertz CT molecular complexity index is 1140. The average molecular weight is 357 g/mol. The van der Waals surface area contributed by atoms with E-state index < -0.39 is 0 Å². The minimum atomic E-state index is 0.188. The van der Waals surface area contributed by atoms with Crippen LogP contribution in [0.5, 0.6) is 5.75 Å². The van der Waals surface area contributed by atoms with Gasteiger partial charge in [0.1, 0.15) is 11.4 Å². The third-order valence-corrected chi connectivity index (χ3v) is 5.17. The molecular weight excluding hydrogens is 338 g/mol. The first-order valence-electron chi connectivity index (χ1n) is 8.95. The second kappa shape index (κ2) is 6.02. The Balaban J connectivity index is 1.65. The molecule has 1 aliphatic rings. The van der Waals surface area contributed by atoms with Gasteiger partial charge in [-0.3, -0.25) is 0 Å². The second-order valence-corrected chi connectivity index (χ2v) is 6.76. The quantitative estimate of drug-likeness (QED) is 0.575. The number of aromatic hydroxyl groups is 1. The molecule has 0 radical (unpaired) electrons. The van der Waals surface area contributed by atoms with Crippen molar-refractivity contribution in [1.29, 1.82) is 0 Å². The lowest BCUT2D eigenvalue weighted by Gasteiger charge is -2.30. The Hall–Kier alpha value is -3.54. The maximum absolute atomic E-state index is 10.3. The Kier molecular flexibility index (Phi) is 3.50. The number of benzene rings is 2. The van der Waals surface area contributed by atoms with Gasteiger partial charge in [-0.25, -0.2) is 0 Å². The summed E-state index contributed by atoms with van der Waals surface area (Å²) in [5, 5.41) is 19.7. The molecule has 4 aromatic rings. The lowest BCUT2D eigenvalue weighted by Crippen LogP contribution is -2.33. The zero-order valence-corrected chi connectivity index (χ0v) is 14.7. The Labute approximate surface area is 156 Å². The van der Waals surface area contributed by atoms with E-state index in [4.69, 9.17) is 5.73 Å². The molecule has 27 heavy (non-hydrogen) atoms. The summed E-state index contributed by atoms with van der Waals surface area (Å²) in [6, 6.07) is 19.7. The van der Waals surface area contributed by atoms with Crippen LogP contribution in [0.4, 0.5) is 11.5 Å². The molecule has 3 N–H and O–H groups in total. The summed E-state index contributed by atoms with van der Waals surface area (Å²) in [4.78, 5) is 2.35. The van der Waals surface area contributed by atoms with E-state index in [2.05, 4.69) is 50.0 Å². The van der Waals surface area contributed by atoms with E-state index in [1.54, 1.807) is 12.1 Å². The molecule has 2 aromatic heterocycles. The van der Waals surface area contributed by atoms with Gasteiger partial charge in [-0.2, -0.15) is 0 Å². The SMILES string of the molecule is Nc1nnc(-c2ccccc2O)c2cc3n(c12)CCN(c1ccccc1)C3. The molecule has 0 saturated heterocycles. The van der Waals surface area contributed by atoms with Crippen LogP contribution in [0.1, 0.15) is 5.69 Å². The molecule has 0 unspecified atom stereocenters. The van der Waals surface area contributed by atoms with Crippen molar-refractivity contribution in [1.82, 2.24) is 14.8 Å². The minimum Gasteiger partial charge on any atom is -0.507 e. The molecule has 0 fully saturated rings. The molecule has 0 atom stereocenters. The van der Waals surface area contributed by atoms with Gasteiger partial charge in [-0.1, -0.05) is 30.3 Å². The largest absolute Gasteiger partial charge is 0.507 e. The van der Waals surface area contributed by atoms with Gasteiger partial charge < -0.3 is 20.3 Å². The fourth-order valence-electron chi connectivity index (χ4n) is 3.88. The van der Waals surface area contributed by atoms with Crippen molar-refractivity contribution in [3.05, 3.63) is 66.4 Å². The molecule has 1 aliphatic heterocycles. The van der Waals surface area contributed by atoms with Crippen molar-refractivity contribution in [3.8, 4) is 17.0 Å². The predicted molar refractivity (Wildman–Crippen MR) is 107 cm³/mol. The van der Waals surface area contributed by atoms with Gasteiger partial charge in [0, 0.05) is 35.4 Å². The monoisotopic (exact) mass is 357 g/mol. The second-order valence-electron chi connectivity index (χ2n) is 6.76. The van der Waals surface area contributed by atoms with Crippen molar-refractivity contribution in [2.75, 3.05) is 17.2 Å². The number of hydrogen-bond donors (Lipinski definition) is 2. The standard InChI is InChI=1S/C21H19N5O/c22-21-20-17(19(23-24-21)16-8-4-5-9-18(16)27)12-15-13-25(10-11-26(15)20)14-6-2-1-3-7-14/h1-9,12,27H,10-11,13H2,(H2,22,24). The molecule has 0 saturated carbocycles. The Morgan fingerprint density at radius 2 is 1.70 bits per heavy atom. The van der Waals surface area contributed by atoms with Crippen molar-refractivity contribution in [3.63, 3.8) is 0 Å². The summed E-state index contributed by atoms with van der Waals surface area (Å²) in [7, 11) is 0. The number of fused-ring (bicyclic) bond motifs is 3. The van der Waals surface area contributed by atoms with Gasteiger partial charge in [0.05, 0.1) is 12.1 Å². The number of nitrogen functional groups attached to an aromatic ring is 1. The van der Waals surface area contributed by atoms with Gasteiger partial charge in [0.25, 0.3) is 0 Å². The Morgan fingerprint density at radius 1 is 0.926 bits per heavy atom. The molecule has 134 valence electrons. The number of phenols is 1. The van der Waals surface area contributed by atoms with Gasteiger partial charge in [0.15, 0.2) is 5.82 Å². The van der Waals surface area contributed by atoms with Crippen molar-refractivity contribution < 1.29 is 5.11 Å². The fraction of sp³-hybridized carbons (Fsp3) is 0.143. The molecule has 6 nitrogen and oxygen atoms in total.